The van der Waals surface area contributed by atoms with Crippen LogP contribution in [0.15, 0.2) is 0 Å². The van der Waals surface area contributed by atoms with E-state index < -0.39 is 0 Å². The molecule has 0 saturated heterocycles. The van der Waals surface area contributed by atoms with Crippen molar-refractivity contribution in [2.75, 3.05) is 17.6 Å². The lowest BCUT2D eigenvalue weighted by molar-refractivity contribution is -0.121. The van der Waals surface area contributed by atoms with Crippen LogP contribution in [0.4, 0.5) is 11.5 Å². The minimum absolute atomic E-state index is 0.0411. The van der Waals surface area contributed by atoms with Crippen LogP contribution in [0.25, 0.3) is 0 Å². The minimum Gasteiger partial charge on any atom is -0.394 e. The molecule has 1 amide bonds. The van der Waals surface area contributed by atoms with Crippen molar-refractivity contribution in [1.82, 2.24) is 15.1 Å². The van der Waals surface area contributed by atoms with Crippen LogP contribution < -0.4 is 16.4 Å². The fourth-order valence-electron chi connectivity index (χ4n) is 1.84. The first-order valence-electron chi connectivity index (χ1n) is 6.81. The molecule has 0 aliphatic carbocycles. The van der Waals surface area contributed by atoms with E-state index in [1.807, 2.05) is 25.5 Å². The molecule has 0 unspecified atom stereocenters. The summed E-state index contributed by atoms with van der Waals surface area (Å²) < 4.78 is 1.87. The number of hydrogen-bond acceptors (Lipinski definition) is 4. The van der Waals surface area contributed by atoms with E-state index in [2.05, 4.69) is 22.7 Å². The van der Waals surface area contributed by atoms with Crippen molar-refractivity contribution in [3.8, 4) is 0 Å². The maximum Gasteiger partial charge on any atom is 0.221 e. The highest BCUT2D eigenvalue weighted by atomic mass is 16.1. The molecule has 1 aromatic heterocycles. The maximum atomic E-state index is 11.5. The third-order valence-corrected chi connectivity index (χ3v) is 2.70. The third-order valence-electron chi connectivity index (χ3n) is 2.70. The van der Waals surface area contributed by atoms with Crippen molar-refractivity contribution in [1.29, 1.82) is 0 Å². The second-order valence-corrected chi connectivity index (χ2v) is 4.97. The second kappa shape index (κ2) is 7.01. The zero-order chi connectivity index (χ0) is 14.4. The van der Waals surface area contributed by atoms with Gasteiger partial charge in [-0.05, 0) is 27.2 Å². The fraction of sp³-hybridized carbons (Fsp3) is 0.692. The number of nitrogens with two attached hydrogens (primary N) is 1. The number of rotatable bonds is 7. The highest BCUT2D eigenvalue weighted by Gasteiger charge is 2.12. The van der Waals surface area contributed by atoms with Crippen LogP contribution in [0.1, 0.15) is 39.3 Å². The summed E-state index contributed by atoms with van der Waals surface area (Å²) in [4.78, 5) is 11.5. The van der Waals surface area contributed by atoms with Crippen molar-refractivity contribution in [3.05, 3.63) is 5.69 Å². The van der Waals surface area contributed by atoms with Crippen LogP contribution in [-0.2, 0) is 11.3 Å². The molecule has 0 spiro atoms. The Balaban J connectivity index is 2.55. The van der Waals surface area contributed by atoms with Crippen molar-refractivity contribution in [3.63, 3.8) is 0 Å². The Kier molecular flexibility index (Phi) is 5.66. The molecule has 108 valence electrons. The minimum atomic E-state index is 0.0411. The molecule has 1 rings (SSSR count). The Hall–Kier alpha value is -1.72. The number of amides is 1. The van der Waals surface area contributed by atoms with Crippen molar-refractivity contribution >= 4 is 17.4 Å². The monoisotopic (exact) mass is 267 g/mol. The van der Waals surface area contributed by atoms with Gasteiger partial charge in [0.1, 0.15) is 5.82 Å². The third kappa shape index (κ3) is 4.46. The predicted molar refractivity (Wildman–Crippen MR) is 78.1 cm³/mol. The molecule has 0 fully saturated rings. The number of aromatic nitrogens is 2. The summed E-state index contributed by atoms with van der Waals surface area (Å²) in [6.07, 6.45) is 1.41. The highest BCUT2D eigenvalue weighted by molar-refractivity contribution is 5.77. The largest absolute Gasteiger partial charge is 0.394 e. The molecule has 4 N–H and O–H groups in total. The molecule has 1 aromatic rings. The molecule has 0 bridgehead atoms. The zero-order valence-corrected chi connectivity index (χ0v) is 12.3. The van der Waals surface area contributed by atoms with E-state index >= 15 is 0 Å². The molecule has 0 aromatic carbocycles. The van der Waals surface area contributed by atoms with Crippen LogP contribution in [0.2, 0.25) is 0 Å². The van der Waals surface area contributed by atoms with E-state index in [-0.39, 0.29) is 11.9 Å². The van der Waals surface area contributed by atoms with Crippen LogP contribution in [0.3, 0.4) is 0 Å². The van der Waals surface area contributed by atoms with Gasteiger partial charge in [0.15, 0.2) is 0 Å². The smallest absolute Gasteiger partial charge is 0.221 e. The summed E-state index contributed by atoms with van der Waals surface area (Å²) in [5.41, 5.74) is 7.47. The molecule has 0 atom stereocenters. The Morgan fingerprint density at radius 2 is 2.16 bits per heavy atom. The molecule has 0 aliphatic rings. The fourth-order valence-corrected chi connectivity index (χ4v) is 1.84. The Labute approximate surface area is 114 Å². The number of anilines is 2. The number of carbonyl (C=O) groups is 1. The molecule has 0 aliphatic heterocycles. The number of hydrogen-bond donors (Lipinski definition) is 3. The van der Waals surface area contributed by atoms with E-state index in [9.17, 15) is 4.79 Å². The quantitative estimate of drug-likeness (QED) is 0.699. The molecular formula is C13H25N5O. The summed E-state index contributed by atoms with van der Waals surface area (Å²) >= 11 is 0. The van der Waals surface area contributed by atoms with Crippen LogP contribution in [0.5, 0.6) is 0 Å². The van der Waals surface area contributed by atoms with E-state index in [0.717, 1.165) is 24.5 Å². The Morgan fingerprint density at radius 1 is 1.47 bits per heavy atom. The Morgan fingerprint density at radius 3 is 2.74 bits per heavy atom. The highest BCUT2D eigenvalue weighted by Crippen LogP contribution is 2.22. The molecule has 0 saturated carbocycles. The van der Waals surface area contributed by atoms with Crippen molar-refractivity contribution < 1.29 is 4.79 Å². The van der Waals surface area contributed by atoms with Gasteiger partial charge in [-0.1, -0.05) is 6.92 Å². The molecular weight excluding hydrogens is 242 g/mol. The zero-order valence-electron chi connectivity index (χ0n) is 12.3. The van der Waals surface area contributed by atoms with Crippen LogP contribution >= 0.6 is 0 Å². The van der Waals surface area contributed by atoms with Gasteiger partial charge in [-0.3, -0.25) is 4.79 Å². The normalized spacial score (nSPS) is 10.8. The van der Waals surface area contributed by atoms with E-state index in [1.54, 1.807) is 0 Å². The SMILES string of the molecule is CCCn1nc(C)c(N)c1NCCC(=O)NC(C)C. The average Bonchev–Trinajstić information content (AvgIpc) is 2.56. The van der Waals surface area contributed by atoms with Crippen molar-refractivity contribution in [2.24, 2.45) is 0 Å². The number of nitrogens with one attached hydrogen (secondary N) is 2. The Bertz CT molecular complexity index is 425. The first-order chi connectivity index (χ1) is 8.95. The number of carbonyl (C=O) groups excluding carboxylic acids is 1. The average molecular weight is 267 g/mol. The van der Waals surface area contributed by atoms with E-state index in [4.69, 9.17) is 5.73 Å². The molecule has 1 heterocycles. The van der Waals surface area contributed by atoms with Gasteiger partial charge in [0.25, 0.3) is 0 Å². The summed E-state index contributed by atoms with van der Waals surface area (Å²) in [5, 5.41) is 10.4. The predicted octanol–water partition coefficient (Wildman–Crippen LogP) is 1.51. The molecule has 6 nitrogen and oxygen atoms in total. The summed E-state index contributed by atoms with van der Waals surface area (Å²) in [6, 6.07) is 0.172. The second-order valence-electron chi connectivity index (χ2n) is 4.97. The van der Waals surface area contributed by atoms with Crippen LogP contribution in [0, 0.1) is 6.92 Å². The number of nitrogens with zero attached hydrogens (tertiary/aromatic N) is 2. The van der Waals surface area contributed by atoms with Gasteiger partial charge in [-0.15, -0.1) is 0 Å². The lowest BCUT2D eigenvalue weighted by atomic mass is 10.3. The first kappa shape index (κ1) is 15.3. The van der Waals surface area contributed by atoms with Crippen molar-refractivity contribution in [2.45, 2.75) is 53.1 Å². The van der Waals surface area contributed by atoms with Gasteiger partial charge in [0.2, 0.25) is 5.91 Å². The summed E-state index contributed by atoms with van der Waals surface area (Å²) in [5.74, 6) is 0.857. The van der Waals surface area contributed by atoms with Gasteiger partial charge >= 0.3 is 0 Å². The van der Waals surface area contributed by atoms with Gasteiger partial charge < -0.3 is 16.4 Å². The number of aryl methyl sites for hydroxylation is 2. The molecule has 0 radical (unpaired) electrons. The van der Waals surface area contributed by atoms with Gasteiger partial charge in [0, 0.05) is 25.6 Å². The van der Waals surface area contributed by atoms with Gasteiger partial charge in [-0.25, -0.2) is 4.68 Å². The van der Waals surface area contributed by atoms with Crippen LogP contribution in [-0.4, -0.2) is 28.3 Å². The lowest BCUT2D eigenvalue weighted by Crippen LogP contribution is -2.31. The lowest BCUT2D eigenvalue weighted by Gasteiger charge is -2.11. The summed E-state index contributed by atoms with van der Waals surface area (Å²) in [7, 11) is 0. The molecule has 19 heavy (non-hydrogen) atoms. The molecule has 6 heteroatoms. The number of nitrogen functional groups attached to an aromatic ring is 1. The van der Waals surface area contributed by atoms with E-state index in [0.29, 0.717) is 18.7 Å². The maximum absolute atomic E-state index is 11.5. The van der Waals surface area contributed by atoms with Gasteiger partial charge in [-0.2, -0.15) is 5.10 Å². The topological polar surface area (TPSA) is 85.0 Å². The van der Waals surface area contributed by atoms with Gasteiger partial charge in [0.05, 0.1) is 11.4 Å². The summed E-state index contributed by atoms with van der Waals surface area (Å²) in [6.45, 7) is 9.24. The first-order valence-corrected chi connectivity index (χ1v) is 6.81. The van der Waals surface area contributed by atoms with E-state index in [1.165, 1.54) is 0 Å². The standard InChI is InChI=1S/C13H25N5O/c1-5-8-18-13(12(14)10(4)17-18)15-7-6-11(19)16-9(2)3/h9,15H,5-8,14H2,1-4H3,(H,16,19).